The lowest BCUT2D eigenvalue weighted by Crippen LogP contribution is -2.29. The molecular formula is C20H18N6O2S. The second-order valence-corrected chi connectivity index (χ2v) is 7.53. The highest BCUT2D eigenvalue weighted by molar-refractivity contribution is 7.20. The van der Waals surface area contributed by atoms with Crippen LogP contribution in [0, 0.1) is 0 Å². The molecule has 29 heavy (non-hydrogen) atoms. The Balaban J connectivity index is 1.35. The number of hydrogen-bond acceptors (Lipinski definition) is 7. The van der Waals surface area contributed by atoms with Gasteiger partial charge in [0, 0.05) is 30.2 Å². The van der Waals surface area contributed by atoms with Crippen LogP contribution in [0.3, 0.4) is 0 Å². The fraction of sp³-hybridized carbons (Fsp3) is 0.200. The first-order valence-corrected chi connectivity index (χ1v) is 10.1. The number of benzene rings is 1. The smallest absolute Gasteiger partial charge is 0.414 e. The summed E-state index contributed by atoms with van der Waals surface area (Å²) < 4.78 is 6.89. The summed E-state index contributed by atoms with van der Waals surface area (Å²) in [6.07, 6.45) is 5.94. The van der Waals surface area contributed by atoms with Crippen molar-refractivity contribution >= 4 is 38.9 Å². The van der Waals surface area contributed by atoms with Gasteiger partial charge in [-0.3, -0.25) is 9.88 Å². The Labute approximate surface area is 170 Å². The van der Waals surface area contributed by atoms with Crippen molar-refractivity contribution in [3.8, 4) is 11.3 Å². The Bertz CT molecular complexity index is 1150. The Morgan fingerprint density at radius 1 is 1.34 bits per heavy atom. The first-order valence-electron chi connectivity index (χ1n) is 9.32. The van der Waals surface area contributed by atoms with Crippen LogP contribution in [0.2, 0.25) is 0 Å². The van der Waals surface area contributed by atoms with Crippen LogP contribution in [0.1, 0.15) is 12.5 Å². The van der Waals surface area contributed by atoms with Crippen molar-refractivity contribution in [3.63, 3.8) is 0 Å². The van der Waals surface area contributed by atoms with E-state index in [2.05, 4.69) is 26.4 Å². The van der Waals surface area contributed by atoms with Crippen LogP contribution in [0.5, 0.6) is 0 Å². The Morgan fingerprint density at radius 3 is 3.07 bits per heavy atom. The van der Waals surface area contributed by atoms with Crippen LogP contribution >= 0.6 is 11.3 Å². The molecule has 1 N–H and O–H groups in total. The second kappa shape index (κ2) is 7.17. The largest absolute Gasteiger partial charge is 0.449 e. The Morgan fingerprint density at radius 2 is 2.28 bits per heavy atom. The van der Waals surface area contributed by atoms with Crippen molar-refractivity contribution in [1.29, 1.82) is 0 Å². The lowest BCUT2D eigenvalue weighted by molar-refractivity contribution is 0.160. The SMILES string of the molecule is CCOC(=O)N1CCc2cc(Nc3nn4cc(-c5cccnc5)nc4s3)ccc21. The van der Waals surface area contributed by atoms with Crippen LogP contribution < -0.4 is 10.2 Å². The molecule has 0 saturated carbocycles. The van der Waals surface area contributed by atoms with E-state index >= 15 is 0 Å². The molecule has 4 heterocycles. The monoisotopic (exact) mass is 406 g/mol. The molecule has 146 valence electrons. The van der Waals surface area contributed by atoms with Crippen molar-refractivity contribution < 1.29 is 9.53 Å². The number of nitrogens with zero attached hydrogens (tertiary/aromatic N) is 5. The number of pyridine rings is 1. The molecule has 4 aromatic rings. The highest BCUT2D eigenvalue weighted by atomic mass is 32.1. The molecule has 0 bridgehead atoms. The number of anilines is 3. The second-order valence-electron chi connectivity index (χ2n) is 6.57. The van der Waals surface area contributed by atoms with Gasteiger partial charge in [0.2, 0.25) is 10.1 Å². The van der Waals surface area contributed by atoms with E-state index in [1.165, 1.54) is 11.3 Å². The molecule has 0 saturated heterocycles. The number of fused-ring (bicyclic) bond motifs is 2. The van der Waals surface area contributed by atoms with Gasteiger partial charge < -0.3 is 10.1 Å². The van der Waals surface area contributed by atoms with Crippen LogP contribution in [0.25, 0.3) is 16.2 Å². The summed E-state index contributed by atoms with van der Waals surface area (Å²) in [7, 11) is 0. The molecule has 0 unspecified atom stereocenters. The molecule has 0 spiro atoms. The summed E-state index contributed by atoms with van der Waals surface area (Å²) in [6, 6.07) is 9.81. The molecule has 5 rings (SSSR count). The third-order valence-electron chi connectivity index (χ3n) is 4.71. The van der Waals surface area contributed by atoms with Crippen LogP contribution in [-0.4, -0.2) is 38.8 Å². The summed E-state index contributed by atoms with van der Waals surface area (Å²) in [5.74, 6) is 0. The van der Waals surface area contributed by atoms with E-state index in [4.69, 9.17) is 4.74 Å². The van der Waals surface area contributed by atoms with Gasteiger partial charge in [-0.05, 0) is 49.2 Å². The zero-order valence-electron chi connectivity index (χ0n) is 15.7. The number of carbonyl (C=O) groups excluding carboxylic acids is 1. The zero-order chi connectivity index (χ0) is 19.8. The van der Waals surface area contributed by atoms with Gasteiger partial charge in [0.05, 0.1) is 24.2 Å². The third-order valence-corrected chi connectivity index (χ3v) is 5.55. The molecule has 1 aromatic carbocycles. The minimum Gasteiger partial charge on any atom is -0.449 e. The first kappa shape index (κ1) is 17.6. The lowest BCUT2D eigenvalue weighted by atomic mass is 10.1. The van der Waals surface area contributed by atoms with Gasteiger partial charge in [-0.2, -0.15) is 0 Å². The molecule has 8 nitrogen and oxygen atoms in total. The standard InChI is InChI=1S/C20H18N6O2S/c1-2-28-20(27)25-9-7-13-10-15(5-6-17(13)25)22-18-24-26-12-16(23-19(26)29-18)14-4-3-8-21-11-14/h3-6,8,10-12H,2,7,9H2,1H3,(H,22,24). The first-order chi connectivity index (χ1) is 14.2. The molecule has 0 fully saturated rings. The molecule has 0 atom stereocenters. The molecule has 1 aliphatic heterocycles. The van der Waals surface area contributed by atoms with Gasteiger partial charge in [-0.15, -0.1) is 5.10 Å². The molecule has 0 radical (unpaired) electrons. The van der Waals surface area contributed by atoms with Gasteiger partial charge in [0.1, 0.15) is 0 Å². The number of imidazole rings is 1. The maximum absolute atomic E-state index is 12.0. The van der Waals surface area contributed by atoms with Crippen molar-refractivity contribution in [1.82, 2.24) is 19.6 Å². The average molecular weight is 406 g/mol. The van der Waals surface area contributed by atoms with Crippen molar-refractivity contribution in [3.05, 3.63) is 54.5 Å². The van der Waals surface area contributed by atoms with Crippen molar-refractivity contribution in [2.45, 2.75) is 13.3 Å². The van der Waals surface area contributed by atoms with E-state index in [0.29, 0.717) is 13.2 Å². The van der Waals surface area contributed by atoms with Gasteiger partial charge in [-0.25, -0.2) is 14.3 Å². The Kier molecular flexibility index (Phi) is 4.36. The number of rotatable bonds is 4. The minimum atomic E-state index is -0.294. The molecule has 1 amide bonds. The number of carbonyl (C=O) groups is 1. The summed E-state index contributed by atoms with van der Waals surface area (Å²) in [5.41, 5.74) is 4.76. The average Bonchev–Trinajstić information content (AvgIpc) is 3.41. The fourth-order valence-electron chi connectivity index (χ4n) is 3.40. The molecule has 9 heteroatoms. The zero-order valence-corrected chi connectivity index (χ0v) is 16.5. The van der Waals surface area contributed by atoms with Crippen LogP contribution in [0.15, 0.2) is 48.9 Å². The number of ether oxygens (including phenoxy) is 1. The highest BCUT2D eigenvalue weighted by Crippen LogP contribution is 2.33. The van der Waals surface area contributed by atoms with Crippen LogP contribution in [-0.2, 0) is 11.2 Å². The summed E-state index contributed by atoms with van der Waals surface area (Å²) in [6.45, 7) is 2.82. The quantitative estimate of drug-likeness (QED) is 0.549. The normalized spacial score (nSPS) is 12.9. The molecule has 1 aliphatic rings. The van der Waals surface area contributed by atoms with E-state index < -0.39 is 0 Å². The van der Waals surface area contributed by atoms with Gasteiger partial charge >= 0.3 is 6.09 Å². The van der Waals surface area contributed by atoms with Crippen molar-refractivity contribution in [2.24, 2.45) is 0 Å². The van der Waals surface area contributed by atoms with Gasteiger partial charge in [-0.1, -0.05) is 11.3 Å². The predicted molar refractivity (Wildman–Crippen MR) is 112 cm³/mol. The molecular weight excluding hydrogens is 388 g/mol. The third kappa shape index (κ3) is 3.29. The van der Waals surface area contributed by atoms with E-state index in [9.17, 15) is 4.79 Å². The summed E-state index contributed by atoms with van der Waals surface area (Å²) in [5, 5.41) is 8.66. The maximum atomic E-state index is 12.0. The fourth-order valence-corrected chi connectivity index (χ4v) is 4.20. The Hall–Kier alpha value is -3.46. The topological polar surface area (TPSA) is 84.7 Å². The number of hydrogen-bond donors (Lipinski definition) is 1. The summed E-state index contributed by atoms with van der Waals surface area (Å²) in [4.78, 5) is 23.3. The summed E-state index contributed by atoms with van der Waals surface area (Å²) >= 11 is 1.48. The minimum absolute atomic E-state index is 0.294. The van der Waals surface area contributed by atoms with E-state index in [-0.39, 0.29) is 6.09 Å². The van der Waals surface area contributed by atoms with Gasteiger partial charge in [0.15, 0.2) is 0 Å². The van der Waals surface area contributed by atoms with Crippen LogP contribution in [0.4, 0.5) is 21.3 Å². The van der Waals surface area contributed by atoms with E-state index in [0.717, 1.165) is 44.7 Å². The molecule has 0 aliphatic carbocycles. The molecule has 3 aromatic heterocycles. The van der Waals surface area contributed by atoms with E-state index in [1.807, 2.05) is 37.4 Å². The number of nitrogens with one attached hydrogen (secondary N) is 1. The predicted octanol–water partition coefficient (Wildman–Crippen LogP) is 4.12. The number of aromatic nitrogens is 4. The lowest BCUT2D eigenvalue weighted by Gasteiger charge is -2.16. The van der Waals surface area contributed by atoms with Crippen molar-refractivity contribution in [2.75, 3.05) is 23.4 Å². The van der Waals surface area contributed by atoms with E-state index in [1.54, 1.807) is 21.8 Å². The maximum Gasteiger partial charge on any atom is 0.414 e. The number of amides is 1. The van der Waals surface area contributed by atoms with Gasteiger partial charge in [0.25, 0.3) is 0 Å². The highest BCUT2D eigenvalue weighted by Gasteiger charge is 2.25.